The Morgan fingerprint density at radius 3 is 2.26 bits per heavy atom. The van der Waals surface area contributed by atoms with E-state index >= 15 is 0 Å². The number of anilines is 2. The van der Waals surface area contributed by atoms with Gasteiger partial charge in [-0.3, -0.25) is 4.68 Å². The molecule has 0 fully saturated rings. The Hall–Kier alpha value is -1.88. The lowest BCUT2D eigenvalue weighted by atomic mass is 10.1. The van der Waals surface area contributed by atoms with E-state index in [2.05, 4.69) is 47.8 Å². The minimum Gasteiger partial charge on any atom is -0.332 e. The van der Waals surface area contributed by atoms with Crippen LogP contribution in [-0.4, -0.2) is 14.9 Å². The Kier molecular flexibility index (Phi) is 3.85. The van der Waals surface area contributed by atoms with Gasteiger partial charge in [-0.25, -0.2) is 0 Å². The first-order chi connectivity index (χ1) is 8.94. The van der Waals surface area contributed by atoms with Gasteiger partial charge in [-0.15, -0.1) is 0 Å². The molecule has 0 aliphatic heterocycles. The van der Waals surface area contributed by atoms with E-state index in [0.29, 0.717) is 5.11 Å². The van der Waals surface area contributed by atoms with E-state index in [1.54, 1.807) is 4.68 Å². The Morgan fingerprint density at radius 2 is 1.74 bits per heavy atom. The van der Waals surface area contributed by atoms with Gasteiger partial charge in [-0.2, -0.15) is 5.10 Å². The molecule has 2 N–H and O–H groups in total. The predicted octanol–water partition coefficient (Wildman–Crippen LogP) is 3.15. The summed E-state index contributed by atoms with van der Waals surface area (Å²) in [5.74, 6) is 0. The van der Waals surface area contributed by atoms with Crippen LogP contribution in [0.15, 0.2) is 24.4 Å². The molecule has 1 aromatic carbocycles. The summed E-state index contributed by atoms with van der Waals surface area (Å²) in [6.45, 7) is 6.08. The zero-order valence-electron chi connectivity index (χ0n) is 11.6. The number of nitrogens with one attached hydrogen (secondary N) is 2. The molecule has 100 valence electrons. The van der Waals surface area contributed by atoms with Crippen molar-refractivity contribution in [2.45, 2.75) is 20.8 Å². The Balaban J connectivity index is 2.07. The lowest BCUT2D eigenvalue weighted by Crippen LogP contribution is -2.19. The van der Waals surface area contributed by atoms with Crippen molar-refractivity contribution in [1.82, 2.24) is 9.78 Å². The number of nitrogens with zero attached hydrogens (tertiary/aromatic N) is 2. The van der Waals surface area contributed by atoms with Crippen LogP contribution in [0.5, 0.6) is 0 Å². The second-order valence-corrected chi connectivity index (χ2v) is 5.17. The highest BCUT2D eigenvalue weighted by Crippen LogP contribution is 2.15. The standard InChI is InChI=1S/C14H18N4S/c1-9-5-10(2)7-12(6-9)15-14(19)16-13-8-18(4)17-11(13)3/h5-8H,1-4H3,(H2,15,16,19). The molecule has 0 aliphatic rings. The normalized spacial score (nSPS) is 10.3. The van der Waals surface area contributed by atoms with Crippen molar-refractivity contribution in [2.24, 2.45) is 7.05 Å². The van der Waals surface area contributed by atoms with Gasteiger partial charge in [0.05, 0.1) is 11.4 Å². The number of hydrogen-bond donors (Lipinski definition) is 2. The number of aryl methyl sites for hydroxylation is 4. The van der Waals surface area contributed by atoms with Gasteiger partial charge in [0.25, 0.3) is 0 Å². The van der Waals surface area contributed by atoms with E-state index < -0.39 is 0 Å². The average molecular weight is 274 g/mol. The predicted molar refractivity (Wildman–Crippen MR) is 83.7 cm³/mol. The van der Waals surface area contributed by atoms with E-state index in [1.165, 1.54) is 11.1 Å². The van der Waals surface area contributed by atoms with Gasteiger partial charge in [-0.1, -0.05) is 6.07 Å². The van der Waals surface area contributed by atoms with E-state index in [4.69, 9.17) is 12.2 Å². The monoisotopic (exact) mass is 274 g/mol. The maximum Gasteiger partial charge on any atom is 0.175 e. The molecule has 5 heteroatoms. The summed E-state index contributed by atoms with van der Waals surface area (Å²) >= 11 is 5.31. The van der Waals surface area contributed by atoms with E-state index in [9.17, 15) is 0 Å². The summed E-state index contributed by atoms with van der Waals surface area (Å²) in [6.07, 6.45) is 1.91. The van der Waals surface area contributed by atoms with Crippen LogP contribution in [-0.2, 0) is 7.05 Å². The largest absolute Gasteiger partial charge is 0.332 e. The van der Waals surface area contributed by atoms with Crippen molar-refractivity contribution >= 4 is 28.7 Å². The van der Waals surface area contributed by atoms with Crippen LogP contribution in [0.1, 0.15) is 16.8 Å². The SMILES string of the molecule is Cc1cc(C)cc(NC(=S)Nc2cn(C)nc2C)c1. The summed E-state index contributed by atoms with van der Waals surface area (Å²) in [5, 5.41) is 11.2. The van der Waals surface area contributed by atoms with E-state index in [0.717, 1.165) is 17.1 Å². The average Bonchev–Trinajstić information content (AvgIpc) is 2.55. The van der Waals surface area contributed by atoms with Crippen molar-refractivity contribution < 1.29 is 0 Å². The smallest absolute Gasteiger partial charge is 0.175 e. The fourth-order valence-corrected chi connectivity index (χ4v) is 2.28. The summed E-state index contributed by atoms with van der Waals surface area (Å²) in [7, 11) is 1.89. The van der Waals surface area contributed by atoms with E-state index in [-0.39, 0.29) is 0 Å². The van der Waals surface area contributed by atoms with Crippen LogP contribution in [0.4, 0.5) is 11.4 Å². The van der Waals surface area contributed by atoms with E-state index in [1.807, 2.05) is 20.2 Å². The first-order valence-corrected chi connectivity index (χ1v) is 6.51. The molecule has 1 aromatic heterocycles. The van der Waals surface area contributed by atoms with Gasteiger partial charge in [-0.05, 0) is 56.2 Å². The molecule has 19 heavy (non-hydrogen) atoms. The zero-order valence-corrected chi connectivity index (χ0v) is 12.4. The Morgan fingerprint density at radius 1 is 1.11 bits per heavy atom. The molecule has 1 heterocycles. The lowest BCUT2D eigenvalue weighted by molar-refractivity contribution is 0.756. The summed E-state index contributed by atoms with van der Waals surface area (Å²) < 4.78 is 1.76. The van der Waals surface area contributed by atoms with Crippen molar-refractivity contribution in [1.29, 1.82) is 0 Å². The second kappa shape index (κ2) is 5.40. The van der Waals surface area contributed by atoms with Crippen molar-refractivity contribution in [3.63, 3.8) is 0 Å². The molecule has 0 atom stereocenters. The number of rotatable bonds is 2. The third kappa shape index (κ3) is 3.54. The maximum absolute atomic E-state index is 5.31. The molecule has 0 amide bonds. The topological polar surface area (TPSA) is 41.9 Å². The Labute approximate surface area is 118 Å². The quantitative estimate of drug-likeness (QED) is 0.826. The fourth-order valence-electron chi connectivity index (χ4n) is 2.05. The van der Waals surface area contributed by atoms with Crippen LogP contribution in [0, 0.1) is 20.8 Å². The van der Waals surface area contributed by atoms with Crippen LogP contribution in [0.25, 0.3) is 0 Å². The molecule has 0 bridgehead atoms. The van der Waals surface area contributed by atoms with Crippen LogP contribution < -0.4 is 10.6 Å². The van der Waals surface area contributed by atoms with Gasteiger partial charge in [0.2, 0.25) is 0 Å². The highest BCUT2D eigenvalue weighted by molar-refractivity contribution is 7.80. The van der Waals surface area contributed by atoms with Crippen molar-refractivity contribution in [3.05, 3.63) is 41.2 Å². The molecule has 2 rings (SSSR count). The number of benzene rings is 1. The first-order valence-electron chi connectivity index (χ1n) is 6.10. The number of aromatic nitrogens is 2. The molecular formula is C14H18N4S. The molecule has 0 unspecified atom stereocenters. The van der Waals surface area contributed by atoms with Gasteiger partial charge in [0.1, 0.15) is 0 Å². The molecule has 0 aliphatic carbocycles. The fraction of sp³-hybridized carbons (Fsp3) is 0.286. The molecular weight excluding hydrogens is 256 g/mol. The van der Waals surface area contributed by atoms with Gasteiger partial charge in [0.15, 0.2) is 5.11 Å². The van der Waals surface area contributed by atoms with Crippen LogP contribution >= 0.6 is 12.2 Å². The zero-order chi connectivity index (χ0) is 14.0. The maximum atomic E-state index is 5.31. The highest BCUT2D eigenvalue weighted by atomic mass is 32.1. The minimum atomic E-state index is 0.570. The van der Waals surface area contributed by atoms with Crippen LogP contribution in [0.3, 0.4) is 0 Å². The molecule has 0 saturated carbocycles. The van der Waals surface area contributed by atoms with Crippen molar-refractivity contribution in [2.75, 3.05) is 10.6 Å². The minimum absolute atomic E-state index is 0.570. The summed E-state index contributed by atoms with van der Waals surface area (Å²) in [6, 6.07) is 6.26. The lowest BCUT2D eigenvalue weighted by Gasteiger charge is -2.11. The highest BCUT2D eigenvalue weighted by Gasteiger charge is 2.05. The number of thiocarbonyl (C=S) groups is 1. The second-order valence-electron chi connectivity index (χ2n) is 4.76. The third-order valence-corrected chi connectivity index (χ3v) is 2.95. The molecule has 0 spiro atoms. The van der Waals surface area contributed by atoms with Gasteiger partial charge in [0, 0.05) is 18.9 Å². The van der Waals surface area contributed by atoms with Crippen molar-refractivity contribution in [3.8, 4) is 0 Å². The summed E-state index contributed by atoms with van der Waals surface area (Å²) in [5.41, 5.74) is 5.26. The molecule has 0 saturated heterocycles. The molecule has 4 nitrogen and oxygen atoms in total. The van der Waals surface area contributed by atoms with Gasteiger partial charge >= 0.3 is 0 Å². The van der Waals surface area contributed by atoms with Gasteiger partial charge < -0.3 is 10.6 Å². The van der Waals surface area contributed by atoms with Crippen LogP contribution in [0.2, 0.25) is 0 Å². The summed E-state index contributed by atoms with van der Waals surface area (Å²) in [4.78, 5) is 0. The number of hydrogen-bond acceptors (Lipinski definition) is 2. The third-order valence-electron chi connectivity index (χ3n) is 2.74. The first kappa shape index (κ1) is 13.5. The molecule has 2 aromatic rings. The molecule has 0 radical (unpaired) electrons. The Bertz CT molecular complexity index is 596.